The number of halogens is 1. The molecular weight excluding hydrogens is 332 g/mol. The van der Waals surface area contributed by atoms with E-state index in [-0.39, 0.29) is 22.7 Å². The Labute approximate surface area is 144 Å². The number of rotatable bonds is 5. The lowest BCUT2D eigenvalue weighted by Gasteiger charge is -2.18. The van der Waals surface area contributed by atoms with E-state index in [0.717, 1.165) is 37.2 Å². The molecule has 1 saturated heterocycles. The van der Waals surface area contributed by atoms with Gasteiger partial charge in [0.25, 0.3) is 5.91 Å². The summed E-state index contributed by atoms with van der Waals surface area (Å²) >= 11 is 7.78. The average Bonchev–Trinajstić information content (AvgIpc) is 3.26. The first-order chi connectivity index (χ1) is 11.2. The van der Waals surface area contributed by atoms with Gasteiger partial charge in [0.15, 0.2) is 5.69 Å². The van der Waals surface area contributed by atoms with Gasteiger partial charge in [0.2, 0.25) is 5.95 Å². The summed E-state index contributed by atoms with van der Waals surface area (Å²) in [5.74, 6) is 0.333. The highest BCUT2D eigenvalue weighted by atomic mass is 35.5. The Hall–Kier alpha value is -1.66. The molecule has 0 bridgehead atoms. The molecule has 122 valence electrons. The molecular formula is C16H19ClN4OS. The number of carbonyl (C=O) groups excluding carboxylic acids is 1. The monoisotopic (exact) mass is 350 g/mol. The van der Waals surface area contributed by atoms with Gasteiger partial charge in [-0.2, -0.15) is 0 Å². The van der Waals surface area contributed by atoms with Gasteiger partial charge in [-0.25, -0.2) is 9.97 Å². The molecule has 3 heterocycles. The van der Waals surface area contributed by atoms with Crippen LogP contribution in [-0.2, 0) is 0 Å². The van der Waals surface area contributed by atoms with Crippen LogP contribution in [0.1, 0.15) is 47.6 Å². The van der Waals surface area contributed by atoms with Crippen LogP contribution in [-0.4, -0.2) is 29.0 Å². The van der Waals surface area contributed by atoms with Crippen LogP contribution in [0.4, 0.5) is 5.95 Å². The van der Waals surface area contributed by atoms with Crippen molar-refractivity contribution in [3.63, 3.8) is 0 Å². The van der Waals surface area contributed by atoms with E-state index in [9.17, 15) is 4.79 Å². The molecule has 1 unspecified atom stereocenters. The number of aromatic nitrogens is 2. The summed E-state index contributed by atoms with van der Waals surface area (Å²) in [6.07, 6.45) is 4.59. The van der Waals surface area contributed by atoms with Crippen molar-refractivity contribution in [3.8, 4) is 0 Å². The summed E-state index contributed by atoms with van der Waals surface area (Å²) in [5, 5.41) is 5.31. The van der Waals surface area contributed by atoms with Crippen LogP contribution in [0.5, 0.6) is 0 Å². The van der Waals surface area contributed by atoms with Gasteiger partial charge in [0, 0.05) is 18.0 Å². The first kappa shape index (κ1) is 16.2. The minimum Gasteiger partial charge on any atom is -0.343 e. The van der Waals surface area contributed by atoms with Gasteiger partial charge >= 0.3 is 0 Å². The molecule has 23 heavy (non-hydrogen) atoms. The number of amides is 1. The maximum atomic E-state index is 12.6. The topological polar surface area (TPSA) is 58.1 Å². The van der Waals surface area contributed by atoms with Crippen LogP contribution in [0, 0.1) is 0 Å². The van der Waals surface area contributed by atoms with Crippen LogP contribution in [0.25, 0.3) is 0 Å². The second-order valence-electron chi connectivity index (χ2n) is 5.51. The SMILES string of the molecule is CCC(NC(=O)c1nc(N2CCCC2)ncc1Cl)c1cccs1. The lowest BCUT2D eigenvalue weighted by molar-refractivity contribution is 0.0931. The van der Waals surface area contributed by atoms with E-state index < -0.39 is 0 Å². The Balaban J connectivity index is 1.79. The first-order valence-corrected chi connectivity index (χ1v) is 9.06. The van der Waals surface area contributed by atoms with E-state index in [1.165, 1.54) is 6.20 Å². The van der Waals surface area contributed by atoms with Crippen molar-refractivity contribution in [3.05, 3.63) is 39.3 Å². The van der Waals surface area contributed by atoms with Gasteiger partial charge in [-0.15, -0.1) is 11.3 Å². The summed E-state index contributed by atoms with van der Waals surface area (Å²) in [6, 6.07) is 3.98. The molecule has 1 fully saturated rings. The smallest absolute Gasteiger partial charge is 0.272 e. The molecule has 1 atom stereocenters. The lowest BCUT2D eigenvalue weighted by atomic mass is 10.2. The number of hydrogen-bond donors (Lipinski definition) is 1. The Bertz CT molecular complexity index is 671. The van der Waals surface area contributed by atoms with Crippen molar-refractivity contribution < 1.29 is 4.79 Å². The highest BCUT2D eigenvalue weighted by Gasteiger charge is 2.21. The summed E-state index contributed by atoms with van der Waals surface area (Å²) in [4.78, 5) is 24.5. The van der Waals surface area contributed by atoms with E-state index in [2.05, 4.69) is 20.2 Å². The molecule has 1 aliphatic heterocycles. The van der Waals surface area contributed by atoms with E-state index >= 15 is 0 Å². The van der Waals surface area contributed by atoms with Crippen LogP contribution in [0.3, 0.4) is 0 Å². The van der Waals surface area contributed by atoms with E-state index in [1.54, 1.807) is 11.3 Å². The molecule has 1 aliphatic rings. The predicted octanol–water partition coefficient (Wildman–Crippen LogP) is 3.67. The third-order valence-corrected chi connectivity index (χ3v) is 5.20. The third kappa shape index (κ3) is 3.64. The first-order valence-electron chi connectivity index (χ1n) is 7.80. The average molecular weight is 351 g/mol. The number of thiophene rings is 1. The molecule has 1 N–H and O–H groups in total. The second kappa shape index (κ2) is 7.27. The van der Waals surface area contributed by atoms with Crippen molar-refractivity contribution in [1.29, 1.82) is 0 Å². The molecule has 2 aromatic heterocycles. The fourth-order valence-corrected chi connectivity index (χ4v) is 3.72. The zero-order chi connectivity index (χ0) is 16.2. The minimum atomic E-state index is -0.252. The van der Waals surface area contributed by atoms with E-state index in [1.807, 2.05) is 24.4 Å². The Morgan fingerprint density at radius 3 is 2.91 bits per heavy atom. The largest absolute Gasteiger partial charge is 0.343 e. The highest BCUT2D eigenvalue weighted by Crippen LogP contribution is 2.24. The normalized spacial score (nSPS) is 15.7. The van der Waals surface area contributed by atoms with Gasteiger partial charge in [-0.3, -0.25) is 4.79 Å². The third-order valence-electron chi connectivity index (χ3n) is 3.94. The van der Waals surface area contributed by atoms with Crippen LogP contribution >= 0.6 is 22.9 Å². The predicted molar refractivity (Wildman–Crippen MR) is 93.3 cm³/mol. The number of nitrogens with one attached hydrogen (secondary N) is 1. The summed E-state index contributed by atoms with van der Waals surface area (Å²) < 4.78 is 0. The molecule has 3 rings (SSSR count). The highest BCUT2D eigenvalue weighted by molar-refractivity contribution is 7.10. The Kier molecular flexibility index (Phi) is 5.13. The maximum absolute atomic E-state index is 12.6. The molecule has 5 nitrogen and oxygen atoms in total. The van der Waals surface area contributed by atoms with Crippen LogP contribution in [0.15, 0.2) is 23.7 Å². The molecule has 0 aliphatic carbocycles. The number of nitrogens with zero attached hydrogens (tertiary/aromatic N) is 3. The van der Waals surface area contributed by atoms with Crippen molar-refractivity contribution in [2.45, 2.75) is 32.2 Å². The molecule has 1 amide bonds. The van der Waals surface area contributed by atoms with E-state index in [4.69, 9.17) is 11.6 Å². The molecule has 0 radical (unpaired) electrons. The molecule has 2 aromatic rings. The van der Waals surface area contributed by atoms with Gasteiger partial charge in [0.05, 0.1) is 17.3 Å². The van der Waals surface area contributed by atoms with Crippen molar-refractivity contribution in [1.82, 2.24) is 15.3 Å². The van der Waals surface area contributed by atoms with Gasteiger partial charge in [-0.1, -0.05) is 24.6 Å². The maximum Gasteiger partial charge on any atom is 0.272 e. The number of carbonyl (C=O) groups is 1. The van der Waals surface area contributed by atoms with E-state index in [0.29, 0.717) is 5.95 Å². The number of hydrogen-bond acceptors (Lipinski definition) is 5. The minimum absolute atomic E-state index is 0.0243. The fraction of sp³-hybridized carbons (Fsp3) is 0.438. The quantitative estimate of drug-likeness (QED) is 0.893. The van der Waals surface area contributed by atoms with Gasteiger partial charge in [0.1, 0.15) is 0 Å². The molecule has 7 heteroatoms. The Morgan fingerprint density at radius 2 is 2.26 bits per heavy atom. The van der Waals surface area contributed by atoms with Gasteiger partial charge in [-0.05, 0) is 30.7 Å². The zero-order valence-corrected chi connectivity index (χ0v) is 14.5. The number of anilines is 1. The summed E-state index contributed by atoms with van der Waals surface area (Å²) in [5.41, 5.74) is 0.249. The second-order valence-corrected chi connectivity index (χ2v) is 6.90. The molecule has 0 aromatic carbocycles. The standard InChI is InChI=1S/C16H19ClN4OS/c1-2-12(13-6-5-9-23-13)19-15(22)14-11(17)10-18-16(20-14)21-7-3-4-8-21/h5-6,9-10,12H,2-4,7-8H2,1H3,(H,19,22). The molecule has 0 spiro atoms. The summed E-state index contributed by atoms with van der Waals surface area (Å²) in [7, 11) is 0. The lowest BCUT2D eigenvalue weighted by Crippen LogP contribution is -2.30. The molecule has 0 saturated carbocycles. The van der Waals surface area contributed by atoms with Crippen molar-refractivity contribution in [2.24, 2.45) is 0 Å². The van der Waals surface area contributed by atoms with Crippen LogP contribution < -0.4 is 10.2 Å². The van der Waals surface area contributed by atoms with Crippen LogP contribution in [0.2, 0.25) is 5.02 Å². The Morgan fingerprint density at radius 1 is 1.48 bits per heavy atom. The fourth-order valence-electron chi connectivity index (χ4n) is 2.68. The van der Waals surface area contributed by atoms with Crippen molar-refractivity contribution in [2.75, 3.05) is 18.0 Å². The van der Waals surface area contributed by atoms with Gasteiger partial charge < -0.3 is 10.2 Å². The summed E-state index contributed by atoms with van der Waals surface area (Å²) in [6.45, 7) is 3.90. The zero-order valence-electron chi connectivity index (χ0n) is 13.0. The van der Waals surface area contributed by atoms with Crippen molar-refractivity contribution >= 4 is 34.8 Å².